The lowest BCUT2D eigenvalue weighted by molar-refractivity contribution is -0.182. The van der Waals surface area contributed by atoms with Crippen molar-refractivity contribution in [2.24, 2.45) is 5.92 Å². The highest BCUT2D eigenvalue weighted by molar-refractivity contribution is 5.95. The van der Waals surface area contributed by atoms with Gasteiger partial charge in [0.25, 0.3) is 5.91 Å². The minimum absolute atomic E-state index is 0.0272. The quantitative estimate of drug-likeness (QED) is 0.807. The average molecular weight is 410 g/mol. The van der Waals surface area contributed by atoms with Crippen LogP contribution >= 0.6 is 0 Å². The van der Waals surface area contributed by atoms with Crippen molar-refractivity contribution in [1.29, 1.82) is 0 Å². The second-order valence-electron chi connectivity index (χ2n) is 7.50. The number of allylic oxidation sites excluding steroid dienone is 2. The summed E-state index contributed by atoms with van der Waals surface area (Å²) < 4.78 is 46.4. The van der Waals surface area contributed by atoms with Gasteiger partial charge >= 0.3 is 6.18 Å². The van der Waals surface area contributed by atoms with Crippen molar-refractivity contribution >= 4 is 11.8 Å². The fourth-order valence-electron chi connectivity index (χ4n) is 3.96. The number of imidazole rings is 1. The number of alkyl halides is 3. The van der Waals surface area contributed by atoms with Crippen LogP contribution in [0.25, 0.3) is 0 Å². The molecule has 0 bridgehead atoms. The zero-order chi connectivity index (χ0) is 20.8. The maximum Gasteiger partial charge on any atom is 0.393 e. The first-order valence-electron chi connectivity index (χ1n) is 9.44. The van der Waals surface area contributed by atoms with E-state index in [1.165, 1.54) is 15.7 Å². The Kier molecular flexibility index (Phi) is 4.87. The lowest BCUT2D eigenvalue weighted by Gasteiger charge is -2.28. The number of carbonyl (C=O) groups is 2. The molecular formula is C19H21F3N4O3. The van der Waals surface area contributed by atoms with Gasteiger partial charge in [0.15, 0.2) is 5.82 Å². The summed E-state index contributed by atoms with van der Waals surface area (Å²) in [4.78, 5) is 31.1. The van der Waals surface area contributed by atoms with Gasteiger partial charge in [0.1, 0.15) is 18.4 Å². The number of fused-ring (bicyclic) bond motifs is 2. The summed E-state index contributed by atoms with van der Waals surface area (Å²) in [5, 5.41) is 2.59. The molecular weight excluding hydrogens is 389 g/mol. The molecule has 1 aromatic heterocycles. The molecule has 1 saturated heterocycles. The Hall–Kier alpha value is -2.78. The number of aryl methyl sites for hydroxylation is 1. The molecule has 10 heteroatoms. The molecule has 0 spiro atoms. The van der Waals surface area contributed by atoms with E-state index in [0.717, 1.165) is 0 Å². The van der Waals surface area contributed by atoms with Crippen molar-refractivity contribution in [3.05, 3.63) is 41.7 Å². The summed E-state index contributed by atoms with van der Waals surface area (Å²) in [6.45, 7) is -0.402. The van der Waals surface area contributed by atoms with E-state index in [1.807, 2.05) is 12.2 Å². The fraction of sp³-hybridized carbons (Fsp3) is 0.526. The highest BCUT2D eigenvalue weighted by atomic mass is 19.4. The van der Waals surface area contributed by atoms with Gasteiger partial charge in [0, 0.05) is 25.5 Å². The van der Waals surface area contributed by atoms with Crippen molar-refractivity contribution < 1.29 is 27.5 Å². The maximum absolute atomic E-state index is 13.1. The lowest BCUT2D eigenvalue weighted by Crippen LogP contribution is -2.50. The molecule has 0 radical (unpaired) electrons. The smallest absolute Gasteiger partial charge is 0.393 e. The molecule has 1 aliphatic carbocycles. The monoisotopic (exact) mass is 410 g/mol. The molecule has 7 nitrogen and oxygen atoms in total. The standard InChI is InChI=1S/C19H21F3N4O3/c1-25-14-4-2-3-5-15(14)29-10-13(18(25)28)24-17(27)16-23-8-12-7-6-11(9-26(12)16)19(20,21)22/h2-3,5,8,11,13-14H,4,6-7,9-10H2,1H3,(H,24,27)/t11?,13-,14?/m0/s1. The number of hydrogen-bond donors (Lipinski definition) is 1. The molecule has 0 saturated carbocycles. The number of halogens is 3. The van der Waals surface area contributed by atoms with E-state index >= 15 is 0 Å². The maximum atomic E-state index is 13.1. The third-order valence-electron chi connectivity index (χ3n) is 5.68. The molecule has 2 amide bonds. The van der Waals surface area contributed by atoms with Gasteiger partial charge in [-0.15, -0.1) is 0 Å². The highest BCUT2D eigenvalue weighted by Crippen LogP contribution is 2.35. The minimum Gasteiger partial charge on any atom is -0.493 e. The van der Waals surface area contributed by atoms with Crippen LogP contribution in [0.5, 0.6) is 0 Å². The fourth-order valence-corrected chi connectivity index (χ4v) is 3.96. The molecule has 1 aromatic rings. The van der Waals surface area contributed by atoms with Gasteiger partial charge in [-0.1, -0.05) is 12.2 Å². The Morgan fingerprint density at radius 1 is 1.38 bits per heavy atom. The van der Waals surface area contributed by atoms with Gasteiger partial charge in [-0.25, -0.2) is 4.98 Å². The number of hydrogen-bond acceptors (Lipinski definition) is 4. The van der Waals surface area contributed by atoms with Crippen LogP contribution < -0.4 is 5.32 Å². The van der Waals surface area contributed by atoms with Crippen molar-refractivity contribution in [1.82, 2.24) is 19.8 Å². The predicted molar refractivity (Wildman–Crippen MR) is 95.7 cm³/mol. The number of aromatic nitrogens is 2. The van der Waals surface area contributed by atoms with Gasteiger partial charge in [0.05, 0.1) is 12.0 Å². The highest BCUT2D eigenvalue weighted by Gasteiger charge is 2.42. The van der Waals surface area contributed by atoms with Crippen molar-refractivity contribution in [3.63, 3.8) is 0 Å². The first-order chi connectivity index (χ1) is 13.8. The molecule has 1 N–H and O–H groups in total. The first kappa shape index (κ1) is 19.5. The molecule has 3 atom stereocenters. The summed E-state index contributed by atoms with van der Waals surface area (Å²) in [5.41, 5.74) is 0.582. The van der Waals surface area contributed by atoms with Gasteiger partial charge in [-0.05, 0) is 25.3 Å². The van der Waals surface area contributed by atoms with E-state index in [-0.39, 0.29) is 43.8 Å². The average Bonchev–Trinajstić information content (AvgIpc) is 3.08. The zero-order valence-corrected chi connectivity index (χ0v) is 15.8. The Bertz CT molecular complexity index is 890. The molecule has 29 heavy (non-hydrogen) atoms. The molecule has 0 aromatic carbocycles. The molecule has 3 heterocycles. The van der Waals surface area contributed by atoms with Crippen molar-refractivity contribution in [3.8, 4) is 0 Å². The summed E-state index contributed by atoms with van der Waals surface area (Å²) in [6, 6.07) is -1.19. The second kappa shape index (κ2) is 7.23. The summed E-state index contributed by atoms with van der Waals surface area (Å²) in [6.07, 6.45) is 3.42. The Balaban J connectivity index is 1.51. The minimum atomic E-state index is -4.33. The van der Waals surface area contributed by atoms with Crippen LogP contribution in [0.15, 0.2) is 30.2 Å². The molecule has 3 aliphatic rings. The van der Waals surface area contributed by atoms with Gasteiger partial charge in [-0.3, -0.25) is 9.59 Å². The van der Waals surface area contributed by atoms with E-state index in [9.17, 15) is 22.8 Å². The van der Waals surface area contributed by atoms with Crippen LogP contribution in [0.2, 0.25) is 0 Å². The number of rotatable bonds is 2. The van der Waals surface area contributed by atoms with Crippen molar-refractivity contribution in [2.75, 3.05) is 13.7 Å². The van der Waals surface area contributed by atoms with Crippen LogP contribution in [0.1, 0.15) is 29.2 Å². The van der Waals surface area contributed by atoms with E-state index in [1.54, 1.807) is 13.1 Å². The SMILES string of the molecule is CN1C(=O)[C@@H](NC(=O)c2ncc3n2CC(C(F)(F)F)CC3)COC2=CC=CCC21. The van der Waals surface area contributed by atoms with E-state index < -0.39 is 24.0 Å². The second-order valence-corrected chi connectivity index (χ2v) is 7.50. The zero-order valence-electron chi connectivity index (χ0n) is 15.8. The molecule has 2 unspecified atom stereocenters. The molecule has 156 valence electrons. The van der Waals surface area contributed by atoms with E-state index in [4.69, 9.17) is 4.74 Å². The number of ether oxygens (including phenoxy) is 1. The summed E-state index contributed by atoms with van der Waals surface area (Å²) >= 11 is 0. The van der Waals surface area contributed by atoms with Gasteiger partial charge in [-0.2, -0.15) is 13.2 Å². The third-order valence-corrected chi connectivity index (χ3v) is 5.68. The van der Waals surface area contributed by atoms with E-state index in [2.05, 4.69) is 10.3 Å². The molecule has 4 rings (SSSR count). The van der Waals surface area contributed by atoms with Crippen LogP contribution in [-0.2, 0) is 22.5 Å². The van der Waals surface area contributed by atoms with Crippen molar-refractivity contribution in [2.45, 2.75) is 44.1 Å². The Morgan fingerprint density at radius 3 is 2.93 bits per heavy atom. The Morgan fingerprint density at radius 2 is 2.17 bits per heavy atom. The number of carbonyl (C=O) groups excluding carboxylic acids is 2. The number of nitrogens with one attached hydrogen (secondary N) is 1. The van der Waals surface area contributed by atoms with Crippen LogP contribution in [0.4, 0.5) is 13.2 Å². The van der Waals surface area contributed by atoms with Crippen LogP contribution in [0, 0.1) is 5.92 Å². The largest absolute Gasteiger partial charge is 0.493 e. The third kappa shape index (κ3) is 3.63. The first-order valence-corrected chi connectivity index (χ1v) is 9.44. The topological polar surface area (TPSA) is 76.5 Å². The number of amides is 2. The Labute approximate surface area is 165 Å². The predicted octanol–water partition coefficient (Wildman–Crippen LogP) is 1.81. The summed E-state index contributed by atoms with van der Waals surface area (Å²) in [5.74, 6) is -2.00. The van der Waals surface area contributed by atoms with Gasteiger partial charge < -0.3 is 19.5 Å². The molecule has 1 fully saturated rings. The van der Waals surface area contributed by atoms with Crippen LogP contribution in [0.3, 0.4) is 0 Å². The van der Waals surface area contributed by atoms with Crippen LogP contribution in [-0.4, -0.2) is 58.2 Å². The lowest BCUT2D eigenvalue weighted by atomic mass is 9.97. The van der Waals surface area contributed by atoms with E-state index in [0.29, 0.717) is 17.9 Å². The number of likely N-dealkylation sites (N-methyl/N-ethyl adjacent to an activating group) is 1. The van der Waals surface area contributed by atoms with Gasteiger partial charge in [0.2, 0.25) is 5.91 Å². The number of nitrogens with zero attached hydrogens (tertiary/aromatic N) is 3. The summed E-state index contributed by atoms with van der Waals surface area (Å²) in [7, 11) is 1.64. The molecule has 2 aliphatic heterocycles. The normalized spacial score (nSPS) is 26.8.